The van der Waals surface area contributed by atoms with Crippen LogP contribution in [-0.2, 0) is 17.8 Å². The topological polar surface area (TPSA) is 55.8 Å². The average molecular weight is 465 g/mol. The van der Waals surface area contributed by atoms with E-state index in [1.165, 1.54) is 6.07 Å². The summed E-state index contributed by atoms with van der Waals surface area (Å²) in [6.45, 7) is 6.89. The lowest BCUT2D eigenvalue weighted by atomic mass is 9.90. The Hall–Kier alpha value is -3.34. The van der Waals surface area contributed by atoms with Crippen LogP contribution in [0.3, 0.4) is 0 Å². The number of para-hydroxylation sites is 1. The van der Waals surface area contributed by atoms with Gasteiger partial charge in [0.25, 0.3) is 0 Å². The van der Waals surface area contributed by atoms with Gasteiger partial charge in [0.1, 0.15) is 23.9 Å². The smallest absolute Gasteiger partial charge is 0.303 e. The normalized spacial score (nSPS) is 11.9. The van der Waals surface area contributed by atoms with Gasteiger partial charge in [0.2, 0.25) is 0 Å². The molecule has 0 amide bonds. The molecule has 3 aromatic rings. The summed E-state index contributed by atoms with van der Waals surface area (Å²) in [5.41, 5.74) is 3.46. The van der Waals surface area contributed by atoms with E-state index in [2.05, 4.69) is 13.8 Å². The van der Waals surface area contributed by atoms with E-state index in [1.54, 1.807) is 6.92 Å². The molecule has 180 valence electrons. The molecule has 0 aliphatic carbocycles. The molecule has 0 aromatic heterocycles. The highest BCUT2D eigenvalue weighted by Crippen LogP contribution is 2.29. The minimum Gasteiger partial charge on any atom is -0.493 e. The van der Waals surface area contributed by atoms with Crippen LogP contribution < -0.4 is 9.47 Å². The fourth-order valence-corrected chi connectivity index (χ4v) is 3.94. The number of aryl methyl sites for hydroxylation is 2. The Morgan fingerprint density at radius 2 is 1.76 bits per heavy atom. The van der Waals surface area contributed by atoms with Crippen molar-refractivity contribution in [3.8, 4) is 11.5 Å². The molecule has 3 aromatic carbocycles. The van der Waals surface area contributed by atoms with Crippen molar-refractivity contribution in [3.63, 3.8) is 0 Å². The Labute approximate surface area is 201 Å². The van der Waals surface area contributed by atoms with Crippen LogP contribution in [0.25, 0.3) is 0 Å². The molecule has 0 aliphatic rings. The molecule has 0 bridgehead atoms. The van der Waals surface area contributed by atoms with Crippen LogP contribution in [0.4, 0.5) is 4.39 Å². The first-order chi connectivity index (χ1) is 16.3. The van der Waals surface area contributed by atoms with Gasteiger partial charge in [0.15, 0.2) is 0 Å². The minimum atomic E-state index is -0.845. The van der Waals surface area contributed by atoms with Gasteiger partial charge in [-0.15, -0.1) is 0 Å². The van der Waals surface area contributed by atoms with Crippen molar-refractivity contribution < 1.29 is 23.8 Å². The van der Waals surface area contributed by atoms with E-state index >= 15 is 0 Å². The van der Waals surface area contributed by atoms with E-state index in [4.69, 9.17) is 14.6 Å². The fraction of sp³-hybridized carbons (Fsp3) is 0.345. The summed E-state index contributed by atoms with van der Waals surface area (Å²) in [5, 5.41) is 9.15. The van der Waals surface area contributed by atoms with Crippen molar-refractivity contribution in [1.29, 1.82) is 0 Å². The van der Waals surface area contributed by atoms with Crippen molar-refractivity contribution in [2.24, 2.45) is 5.92 Å². The van der Waals surface area contributed by atoms with Gasteiger partial charge in [0.05, 0.1) is 6.61 Å². The molecule has 0 fully saturated rings. The van der Waals surface area contributed by atoms with Gasteiger partial charge in [-0.1, -0.05) is 56.3 Å². The summed E-state index contributed by atoms with van der Waals surface area (Å²) in [5.74, 6) is 0.926. The average Bonchev–Trinajstić information content (AvgIpc) is 2.81. The summed E-state index contributed by atoms with van der Waals surface area (Å²) >= 11 is 0. The summed E-state index contributed by atoms with van der Waals surface area (Å²) in [6, 6.07) is 20.6. The minimum absolute atomic E-state index is 0.0306. The van der Waals surface area contributed by atoms with Gasteiger partial charge in [0, 0.05) is 12.3 Å². The zero-order valence-electron chi connectivity index (χ0n) is 20.1. The quantitative estimate of drug-likeness (QED) is 0.315. The lowest BCUT2D eigenvalue weighted by molar-refractivity contribution is -0.136. The highest BCUT2D eigenvalue weighted by molar-refractivity contribution is 5.67. The highest BCUT2D eigenvalue weighted by Gasteiger charge is 2.17. The summed E-state index contributed by atoms with van der Waals surface area (Å²) in [4.78, 5) is 11.2. The fourth-order valence-electron chi connectivity index (χ4n) is 3.94. The first-order valence-corrected chi connectivity index (χ1v) is 11.7. The Morgan fingerprint density at radius 3 is 2.44 bits per heavy atom. The highest BCUT2D eigenvalue weighted by atomic mass is 19.1. The summed E-state index contributed by atoms with van der Waals surface area (Å²) in [6.07, 6.45) is 1.31. The standard InChI is InChI=1S/C29H33FO4/c1-20(2)15-25(24-11-13-27(30)21(3)16-24)19-34-28-17-22(9-10-23(28)12-14-29(31)32)18-33-26-7-5-4-6-8-26/h4-11,13,16-17,20,25H,12,14-15,18-19H2,1-3H3,(H,31,32). The second kappa shape index (κ2) is 12.2. The zero-order valence-corrected chi connectivity index (χ0v) is 20.1. The Morgan fingerprint density at radius 1 is 1.00 bits per heavy atom. The molecule has 3 rings (SSSR count). The molecule has 0 radical (unpaired) electrons. The largest absolute Gasteiger partial charge is 0.493 e. The lowest BCUT2D eigenvalue weighted by Gasteiger charge is -2.22. The molecule has 34 heavy (non-hydrogen) atoms. The van der Waals surface area contributed by atoms with Crippen LogP contribution in [0.15, 0.2) is 66.7 Å². The molecule has 0 saturated carbocycles. The molecule has 0 spiro atoms. The third-order valence-electron chi connectivity index (χ3n) is 5.74. The number of rotatable bonds is 12. The van der Waals surface area contributed by atoms with E-state index in [9.17, 15) is 9.18 Å². The molecule has 1 unspecified atom stereocenters. The second-order valence-electron chi connectivity index (χ2n) is 9.08. The predicted octanol–water partition coefficient (Wildman–Crippen LogP) is 6.94. The number of hydrogen-bond donors (Lipinski definition) is 1. The molecular weight excluding hydrogens is 431 g/mol. The van der Waals surface area contributed by atoms with Crippen molar-refractivity contribution in [2.45, 2.75) is 52.6 Å². The first-order valence-electron chi connectivity index (χ1n) is 11.7. The molecule has 0 saturated heterocycles. The van der Waals surface area contributed by atoms with Gasteiger partial charge in [-0.05, 0) is 72.2 Å². The van der Waals surface area contributed by atoms with Gasteiger partial charge in [-0.2, -0.15) is 0 Å². The van der Waals surface area contributed by atoms with Crippen LogP contribution in [0.2, 0.25) is 0 Å². The van der Waals surface area contributed by atoms with Crippen molar-refractivity contribution >= 4 is 5.97 Å². The third kappa shape index (κ3) is 7.62. The Balaban J connectivity index is 1.79. The maximum absolute atomic E-state index is 13.8. The van der Waals surface area contributed by atoms with Gasteiger partial charge in [-0.25, -0.2) is 4.39 Å². The number of aliphatic carboxylic acids is 1. The van der Waals surface area contributed by atoms with E-state index in [1.807, 2.05) is 60.7 Å². The van der Waals surface area contributed by atoms with E-state index in [0.717, 1.165) is 28.9 Å². The van der Waals surface area contributed by atoms with Gasteiger partial charge < -0.3 is 14.6 Å². The molecule has 5 heteroatoms. The number of hydrogen-bond acceptors (Lipinski definition) is 3. The van der Waals surface area contributed by atoms with Crippen LogP contribution in [-0.4, -0.2) is 17.7 Å². The number of halogens is 1. The number of carbonyl (C=O) groups is 1. The van der Waals surface area contributed by atoms with Crippen LogP contribution >= 0.6 is 0 Å². The van der Waals surface area contributed by atoms with E-state index in [0.29, 0.717) is 36.9 Å². The molecule has 1 N–H and O–H groups in total. The number of carboxylic acids is 1. The number of carboxylic acid groups (broad SMARTS) is 1. The second-order valence-corrected chi connectivity index (χ2v) is 9.08. The molecule has 4 nitrogen and oxygen atoms in total. The maximum Gasteiger partial charge on any atom is 0.303 e. The monoisotopic (exact) mass is 464 g/mol. The molecule has 1 atom stereocenters. The summed E-state index contributed by atoms with van der Waals surface area (Å²) in [7, 11) is 0. The number of benzene rings is 3. The third-order valence-corrected chi connectivity index (χ3v) is 5.74. The van der Waals surface area contributed by atoms with Crippen molar-refractivity contribution in [2.75, 3.05) is 6.61 Å². The molecule has 0 aliphatic heterocycles. The first kappa shape index (κ1) is 25.3. The van der Waals surface area contributed by atoms with Crippen LogP contribution in [0.1, 0.15) is 54.9 Å². The number of ether oxygens (including phenoxy) is 2. The van der Waals surface area contributed by atoms with E-state index in [-0.39, 0.29) is 18.2 Å². The van der Waals surface area contributed by atoms with Gasteiger partial charge >= 0.3 is 5.97 Å². The van der Waals surface area contributed by atoms with E-state index < -0.39 is 5.97 Å². The Kier molecular flexibility index (Phi) is 9.08. The predicted molar refractivity (Wildman–Crippen MR) is 132 cm³/mol. The van der Waals surface area contributed by atoms with Crippen molar-refractivity contribution in [3.05, 3.63) is 94.8 Å². The lowest BCUT2D eigenvalue weighted by Crippen LogP contribution is -2.14. The maximum atomic E-state index is 13.8. The molecular formula is C29H33FO4. The van der Waals surface area contributed by atoms with Crippen LogP contribution in [0.5, 0.6) is 11.5 Å². The zero-order chi connectivity index (χ0) is 24.5. The van der Waals surface area contributed by atoms with Crippen molar-refractivity contribution in [1.82, 2.24) is 0 Å². The van der Waals surface area contributed by atoms with Crippen LogP contribution in [0, 0.1) is 18.7 Å². The SMILES string of the molecule is Cc1cc(C(COc2cc(COc3ccccc3)ccc2CCC(=O)O)CC(C)C)ccc1F. The Bertz CT molecular complexity index is 1080. The summed E-state index contributed by atoms with van der Waals surface area (Å²) < 4.78 is 26.0. The van der Waals surface area contributed by atoms with Gasteiger partial charge in [-0.3, -0.25) is 4.79 Å². The molecule has 0 heterocycles.